The van der Waals surface area contributed by atoms with E-state index in [1.165, 1.54) is 32.1 Å². The molecule has 6 nitrogen and oxygen atoms in total. The highest BCUT2D eigenvalue weighted by atomic mass is 16.5. The molecule has 1 aromatic rings. The highest BCUT2D eigenvalue weighted by molar-refractivity contribution is 5.92. The molecule has 0 aromatic carbocycles. The molecular weight excluding hydrogens is 342 g/mol. The molecule has 2 atom stereocenters. The number of hydrogen-bond donors (Lipinski definition) is 1. The van der Waals surface area contributed by atoms with Gasteiger partial charge in [0.2, 0.25) is 5.91 Å². The molecule has 27 heavy (non-hydrogen) atoms. The lowest BCUT2D eigenvalue weighted by Gasteiger charge is -2.38. The summed E-state index contributed by atoms with van der Waals surface area (Å²) in [7, 11) is 0. The smallest absolute Gasteiger partial charge is 0.273 e. The number of nitrogens with one attached hydrogen (secondary N) is 1. The maximum absolute atomic E-state index is 12.7. The second-order valence-corrected chi connectivity index (χ2v) is 8.73. The Balaban J connectivity index is 1.26. The maximum atomic E-state index is 12.7. The first kappa shape index (κ1) is 18.5. The summed E-state index contributed by atoms with van der Waals surface area (Å²) in [6.07, 6.45) is 10.8. The van der Waals surface area contributed by atoms with Crippen molar-refractivity contribution < 1.29 is 14.1 Å². The molecule has 3 fully saturated rings. The van der Waals surface area contributed by atoms with Gasteiger partial charge in [0.25, 0.3) is 5.91 Å². The second kappa shape index (κ2) is 8.03. The van der Waals surface area contributed by atoms with Gasteiger partial charge in [0.05, 0.1) is 0 Å². The lowest BCUT2D eigenvalue weighted by molar-refractivity contribution is -0.136. The molecule has 1 aromatic heterocycles. The molecule has 2 saturated carbocycles. The minimum absolute atomic E-state index is 0.0901. The molecule has 0 spiro atoms. The Kier molecular flexibility index (Phi) is 5.50. The number of carbonyl (C=O) groups excluding carboxylic acids is 2. The first-order chi connectivity index (χ1) is 13.1. The molecule has 1 saturated heterocycles. The standard InChI is InChI=1S/C21H31N3O3/c1-14-11-17(22-21(26)18-13-19(27-23-18)16-7-8-16)9-10-24(14)20(25)12-15-5-3-2-4-6-15/h13-17H,2-12H2,1H3,(H,22,26)/t14-,17+/m0/s1. The van der Waals surface area contributed by atoms with Crippen molar-refractivity contribution in [2.75, 3.05) is 6.54 Å². The topological polar surface area (TPSA) is 75.4 Å². The zero-order valence-electron chi connectivity index (χ0n) is 16.3. The Labute approximate surface area is 161 Å². The first-order valence-corrected chi connectivity index (χ1v) is 10.7. The van der Waals surface area contributed by atoms with Gasteiger partial charge >= 0.3 is 0 Å². The van der Waals surface area contributed by atoms with Crippen LogP contribution in [0.3, 0.4) is 0 Å². The predicted molar refractivity (Wildman–Crippen MR) is 101 cm³/mol. The van der Waals surface area contributed by atoms with Gasteiger partial charge in [0.15, 0.2) is 5.69 Å². The number of piperidine rings is 1. The third-order valence-corrected chi connectivity index (χ3v) is 6.46. The molecule has 6 heteroatoms. The lowest BCUT2D eigenvalue weighted by Crippen LogP contribution is -2.51. The second-order valence-electron chi connectivity index (χ2n) is 8.73. The molecule has 0 radical (unpaired) electrons. The van der Waals surface area contributed by atoms with Gasteiger partial charge in [-0.25, -0.2) is 0 Å². The monoisotopic (exact) mass is 373 g/mol. The van der Waals surface area contributed by atoms with E-state index in [1.807, 2.05) is 4.90 Å². The summed E-state index contributed by atoms with van der Waals surface area (Å²) >= 11 is 0. The van der Waals surface area contributed by atoms with Gasteiger partial charge in [-0.2, -0.15) is 0 Å². The molecule has 4 rings (SSSR count). The van der Waals surface area contributed by atoms with Crippen molar-refractivity contribution in [1.82, 2.24) is 15.4 Å². The van der Waals surface area contributed by atoms with Crippen molar-refractivity contribution in [2.45, 2.75) is 89.1 Å². The molecule has 3 aliphatic rings. The van der Waals surface area contributed by atoms with Crippen LogP contribution in [0.5, 0.6) is 0 Å². The van der Waals surface area contributed by atoms with Crippen LogP contribution < -0.4 is 5.32 Å². The zero-order chi connectivity index (χ0) is 18.8. The average molecular weight is 373 g/mol. The van der Waals surface area contributed by atoms with Crippen LogP contribution >= 0.6 is 0 Å². The maximum Gasteiger partial charge on any atom is 0.273 e. The molecule has 2 heterocycles. The number of aromatic nitrogens is 1. The van der Waals surface area contributed by atoms with Gasteiger partial charge in [0.1, 0.15) is 5.76 Å². The minimum Gasteiger partial charge on any atom is -0.360 e. The van der Waals surface area contributed by atoms with E-state index in [4.69, 9.17) is 4.52 Å². The zero-order valence-corrected chi connectivity index (χ0v) is 16.3. The molecular formula is C21H31N3O3. The quantitative estimate of drug-likeness (QED) is 0.855. The Bertz CT molecular complexity index is 676. The first-order valence-electron chi connectivity index (χ1n) is 10.7. The van der Waals surface area contributed by atoms with Crippen molar-refractivity contribution in [1.29, 1.82) is 0 Å². The SMILES string of the molecule is C[C@H]1C[C@H](NC(=O)c2cc(C3CC3)on2)CCN1C(=O)CC1CCCCC1. The van der Waals surface area contributed by atoms with E-state index in [1.54, 1.807) is 6.07 Å². The molecule has 1 aliphatic heterocycles. The molecule has 0 bridgehead atoms. The van der Waals surface area contributed by atoms with E-state index in [9.17, 15) is 9.59 Å². The Morgan fingerprint density at radius 3 is 2.67 bits per heavy atom. The largest absolute Gasteiger partial charge is 0.360 e. The number of likely N-dealkylation sites (tertiary alicyclic amines) is 1. The number of hydrogen-bond acceptors (Lipinski definition) is 4. The fraction of sp³-hybridized carbons (Fsp3) is 0.762. The summed E-state index contributed by atoms with van der Waals surface area (Å²) in [6, 6.07) is 2.03. The van der Waals surface area contributed by atoms with E-state index in [0.29, 0.717) is 29.9 Å². The normalized spacial score (nSPS) is 26.8. The summed E-state index contributed by atoms with van der Waals surface area (Å²) in [5.74, 6) is 1.99. The number of carbonyl (C=O) groups is 2. The van der Waals surface area contributed by atoms with Crippen molar-refractivity contribution in [3.05, 3.63) is 17.5 Å². The van der Waals surface area contributed by atoms with Crippen LogP contribution in [0.1, 0.15) is 93.3 Å². The third-order valence-electron chi connectivity index (χ3n) is 6.46. The van der Waals surface area contributed by atoms with Crippen LogP contribution in [0.25, 0.3) is 0 Å². The summed E-state index contributed by atoms with van der Waals surface area (Å²) in [4.78, 5) is 27.2. The van der Waals surface area contributed by atoms with E-state index in [0.717, 1.165) is 38.0 Å². The molecule has 148 valence electrons. The van der Waals surface area contributed by atoms with Crippen molar-refractivity contribution in [2.24, 2.45) is 5.92 Å². The van der Waals surface area contributed by atoms with E-state index < -0.39 is 0 Å². The fourth-order valence-electron chi connectivity index (χ4n) is 4.65. The van der Waals surface area contributed by atoms with Gasteiger partial charge in [-0.1, -0.05) is 24.4 Å². The predicted octanol–water partition coefficient (Wildman–Crippen LogP) is 3.63. The van der Waals surface area contributed by atoms with Gasteiger partial charge in [-0.3, -0.25) is 9.59 Å². The number of nitrogens with zero attached hydrogens (tertiary/aromatic N) is 2. The highest BCUT2D eigenvalue weighted by Crippen LogP contribution is 2.40. The van der Waals surface area contributed by atoms with E-state index in [-0.39, 0.29) is 18.0 Å². The van der Waals surface area contributed by atoms with Gasteiger partial charge in [-0.15, -0.1) is 0 Å². The summed E-state index contributed by atoms with van der Waals surface area (Å²) in [5, 5.41) is 7.00. The van der Waals surface area contributed by atoms with Crippen molar-refractivity contribution >= 4 is 11.8 Å². The Morgan fingerprint density at radius 1 is 1.19 bits per heavy atom. The minimum atomic E-state index is -0.162. The Hall–Kier alpha value is -1.85. The van der Waals surface area contributed by atoms with Crippen LogP contribution in [-0.4, -0.2) is 40.5 Å². The third kappa shape index (κ3) is 4.53. The van der Waals surface area contributed by atoms with Gasteiger partial charge in [0, 0.05) is 37.0 Å². The summed E-state index contributed by atoms with van der Waals surface area (Å²) in [6.45, 7) is 2.82. The van der Waals surface area contributed by atoms with Crippen LogP contribution in [0.4, 0.5) is 0 Å². The average Bonchev–Trinajstić information content (AvgIpc) is 3.39. The van der Waals surface area contributed by atoms with Crippen molar-refractivity contribution in [3.63, 3.8) is 0 Å². The van der Waals surface area contributed by atoms with Crippen LogP contribution in [0.15, 0.2) is 10.6 Å². The highest BCUT2D eigenvalue weighted by Gasteiger charge is 2.32. The summed E-state index contributed by atoms with van der Waals surface area (Å²) in [5.41, 5.74) is 0.375. The van der Waals surface area contributed by atoms with E-state index in [2.05, 4.69) is 17.4 Å². The molecule has 2 aliphatic carbocycles. The van der Waals surface area contributed by atoms with Crippen molar-refractivity contribution in [3.8, 4) is 0 Å². The van der Waals surface area contributed by atoms with Crippen LogP contribution in [-0.2, 0) is 4.79 Å². The lowest BCUT2D eigenvalue weighted by atomic mass is 9.86. The molecule has 0 unspecified atom stereocenters. The van der Waals surface area contributed by atoms with Crippen LogP contribution in [0.2, 0.25) is 0 Å². The molecule has 2 amide bonds. The number of amides is 2. The fourth-order valence-corrected chi connectivity index (χ4v) is 4.65. The summed E-state index contributed by atoms with van der Waals surface area (Å²) < 4.78 is 5.28. The van der Waals surface area contributed by atoms with Crippen LogP contribution in [0, 0.1) is 5.92 Å². The van der Waals surface area contributed by atoms with E-state index >= 15 is 0 Å². The van der Waals surface area contributed by atoms with Gasteiger partial charge < -0.3 is 14.7 Å². The number of rotatable bonds is 5. The molecule has 1 N–H and O–H groups in total. The Morgan fingerprint density at radius 2 is 1.96 bits per heavy atom. The van der Waals surface area contributed by atoms with Gasteiger partial charge in [-0.05, 0) is 51.4 Å².